The van der Waals surface area contributed by atoms with Gasteiger partial charge in [0.15, 0.2) is 0 Å². The van der Waals surface area contributed by atoms with Gasteiger partial charge in [-0.1, -0.05) is 30.0 Å². The van der Waals surface area contributed by atoms with Crippen molar-refractivity contribution in [2.75, 3.05) is 0 Å². The third kappa shape index (κ3) is 3.55. The number of rotatable bonds is 4. The summed E-state index contributed by atoms with van der Waals surface area (Å²) in [5, 5.41) is 0. The summed E-state index contributed by atoms with van der Waals surface area (Å²) >= 11 is 0.484. The third-order valence-corrected chi connectivity index (χ3v) is 3.62. The second kappa shape index (κ2) is 6.33. The van der Waals surface area contributed by atoms with Gasteiger partial charge in [-0.2, -0.15) is 8.78 Å². The van der Waals surface area contributed by atoms with Crippen LogP contribution in [0.15, 0.2) is 47.4 Å². The van der Waals surface area contributed by atoms with Gasteiger partial charge >= 0.3 is 0 Å². The van der Waals surface area contributed by atoms with Gasteiger partial charge in [0, 0.05) is 10.9 Å². The largest absolute Gasteiger partial charge is 0.324 e. The maximum atomic E-state index is 13.4. The van der Waals surface area contributed by atoms with Crippen LogP contribution in [0, 0.1) is 5.82 Å². The fraction of sp³-hybridized carbons (Fsp3) is 0.200. The van der Waals surface area contributed by atoms with Gasteiger partial charge in [-0.3, -0.25) is 0 Å². The van der Waals surface area contributed by atoms with Crippen LogP contribution < -0.4 is 5.73 Å². The molecular weight excluding hydrogens is 283 g/mol. The Balaban J connectivity index is 2.38. The zero-order chi connectivity index (χ0) is 14.7. The summed E-state index contributed by atoms with van der Waals surface area (Å²) in [7, 11) is 0. The van der Waals surface area contributed by atoms with E-state index in [-0.39, 0.29) is 11.9 Å². The number of hydrogen-bond donors (Lipinski definition) is 1. The average molecular weight is 297 g/mol. The molecule has 0 bridgehead atoms. The molecule has 0 spiro atoms. The highest BCUT2D eigenvalue weighted by Gasteiger charge is 2.11. The van der Waals surface area contributed by atoms with Crippen molar-refractivity contribution in [3.8, 4) is 11.1 Å². The summed E-state index contributed by atoms with van der Waals surface area (Å²) in [4.78, 5) is 0.475. The first-order chi connectivity index (χ1) is 9.47. The van der Waals surface area contributed by atoms with E-state index in [0.29, 0.717) is 22.2 Å². The van der Waals surface area contributed by atoms with E-state index >= 15 is 0 Å². The molecule has 0 radical (unpaired) electrons. The molecule has 0 amide bonds. The van der Waals surface area contributed by atoms with Crippen LogP contribution in [-0.4, -0.2) is 5.76 Å². The van der Waals surface area contributed by atoms with Crippen LogP contribution in [0.2, 0.25) is 0 Å². The van der Waals surface area contributed by atoms with Crippen molar-refractivity contribution in [3.63, 3.8) is 0 Å². The predicted octanol–water partition coefficient (Wildman–Crippen LogP) is 4.83. The minimum absolute atomic E-state index is 0.235. The van der Waals surface area contributed by atoms with Crippen LogP contribution in [0.3, 0.4) is 0 Å². The molecule has 1 nitrogen and oxygen atoms in total. The minimum atomic E-state index is -2.45. The lowest BCUT2D eigenvalue weighted by atomic mass is 9.96. The highest BCUT2D eigenvalue weighted by Crippen LogP contribution is 2.31. The Labute approximate surface area is 120 Å². The molecule has 1 atom stereocenters. The molecule has 2 rings (SSSR count). The first-order valence-electron chi connectivity index (χ1n) is 6.07. The monoisotopic (exact) mass is 297 g/mol. The molecule has 0 aliphatic rings. The van der Waals surface area contributed by atoms with Crippen LogP contribution in [-0.2, 0) is 0 Å². The van der Waals surface area contributed by atoms with Gasteiger partial charge in [-0.25, -0.2) is 4.39 Å². The summed E-state index contributed by atoms with van der Waals surface area (Å²) < 4.78 is 37.9. The highest BCUT2D eigenvalue weighted by atomic mass is 32.2. The molecule has 0 aliphatic heterocycles. The number of alkyl halides is 2. The molecule has 20 heavy (non-hydrogen) atoms. The van der Waals surface area contributed by atoms with E-state index in [1.807, 2.05) is 6.92 Å². The molecule has 5 heteroatoms. The Morgan fingerprint density at radius 3 is 2.25 bits per heavy atom. The summed E-state index contributed by atoms with van der Waals surface area (Å²) in [5.74, 6) is -2.80. The topological polar surface area (TPSA) is 26.0 Å². The fourth-order valence-corrected chi connectivity index (χ4v) is 2.49. The van der Waals surface area contributed by atoms with Crippen molar-refractivity contribution in [1.29, 1.82) is 0 Å². The Kier molecular flexibility index (Phi) is 4.73. The van der Waals surface area contributed by atoms with Gasteiger partial charge in [-0.05, 0) is 47.9 Å². The third-order valence-electron chi connectivity index (χ3n) is 2.90. The van der Waals surface area contributed by atoms with Crippen LogP contribution in [0.1, 0.15) is 18.5 Å². The molecule has 0 aromatic heterocycles. The molecule has 106 valence electrons. The zero-order valence-corrected chi connectivity index (χ0v) is 11.6. The molecule has 0 aliphatic carbocycles. The minimum Gasteiger partial charge on any atom is -0.324 e. The van der Waals surface area contributed by atoms with Gasteiger partial charge in [0.1, 0.15) is 5.82 Å². The van der Waals surface area contributed by atoms with Crippen LogP contribution in [0.5, 0.6) is 0 Å². The molecule has 0 fully saturated rings. The smallest absolute Gasteiger partial charge is 0.288 e. The lowest BCUT2D eigenvalue weighted by Crippen LogP contribution is -2.06. The summed E-state index contributed by atoms with van der Waals surface area (Å²) in [6.45, 7) is 1.82. The van der Waals surface area contributed by atoms with E-state index in [1.165, 1.54) is 12.1 Å². The van der Waals surface area contributed by atoms with Gasteiger partial charge < -0.3 is 5.73 Å². The Bertz CT molecular complexity index is 582. The molecule has 0 heterocycles. The van der Waals surface area contributed by atoms with Crippen molar-refractivity contribution in [1.82, 2.24) is 0 Å². The number of hydrogen-bond acceptors (Lipinski definition) is 2. The van der Waals surface area contributed by atoms with E-state index in [9.17, 15) is 13.2 Å². The average Bonchev–Trinajstić information content (AvgIpc) is 2.38. The quantitative estimate of drug-likeness (QED) is 0.818. The van der Waals surface area contributed by atoms with Crippen LogP contribution in [0.25, 0.3) is 11.1 Å². The summed E-state index contributed by atoms with van der Waals surface area (Å²) in [6, 6.07) is 10.8. The van der Waals surface area contributed by atoms with E-state index in [2.05, 4.69) is 0 Å². The zero-order valence-electron chi connectivity index (χ0n) is 10.8. The van der Waals surface area contributed by atoms with Crippen LogP contribution >= 0.6 is 11.8 Å². The maximum absolute atomic E-state index is 13.4. The summed E-state index contributed by atoms with van der Waals surface area (Å²) in [6.07, 6.45) is 0. The summed E-state index contributed by atoms with van der Waals surface area (Å²) in [5.41, 5.74) is 8.14. The van der Waals surface area contributed by atoms with Gasteiger partial charge in [0.05, 0.1) is 0 Å². The van der Waals surface area contributed by atoms with E-state index < -0.39 is 5.76 Å². The molecule has 0 saturated heterocycles. The maximum Gasteiger partial charge on any atom is 0.288 e. The number of benzene rings is 2. The van der Waals surface area contributed by atoms with E-state index in [1.54, 1.807) is 30.3 Å². The molecule has 1 unspecified atom stereocenters. The molecule has 0 saturated carbocycles. The van der Waals surface area contributed by atoms with E-state index in [4.69, 9.17) is 5.73 Å². The fourth-order valence-electron chi connectivity index (χ4n) is 1.99. The SMILES string of the molecule is CC(N)c1ccc(F)cc1-c1ccc(SC(F)F)cc1. The van der Waals surface area contributed by atoms with Gasteiger partial charge in [-0.15, -0.1) is 0 Å². The Morgan fingerprint density at radius 1 is 1.05 bits per heavy atom. The molecule has 2 aromatic carbocycles. The normalized spacial score (nSPS) is 12.7. The van der Waals surface area contributed by atoms with Gasteiger partial charge in [0.2, 0.25) is 0 Å². The predicted molar refractivity (Wildman–Crippen MR) is 76.3 cm³/mol. The van der Waals surface area contributed by atoms with Crippen molar-refractivity contribution in [2.24, 2.45) is 5.73 Å². The second-order valence-corrected chi connectivity index (χ2v) is 5.49. The Morgan fingerprint density at radius 2 is 1.70 bits per heavy atom. The number of halogens is 3. The standard InChI is InChI=1S/C15H14F3NS/c1-9(19)13-7-4-11(16)8-14(13)10-2-5-12(6-3-10)20-15(17)18/h2-9,15H,19H2,1H3. The van der Waals surface area contributed by atoms with Gasteiger partial charge in [0.25, 0.3) is 5.76 Å². The van der Waals surface area contributed by atoms with Crippen molar-refractivity contribution in [3.05, 3.63) is 53.8 Å². The molecule has 2 aromatic rings. The van der Waals surface area contributed by atoms with Crippen molar-refractivity contribution in [2.45, 2.75) is 23.6 Å². The number of nitrogens with two attached hydrogens (primary N) is 1. The first kappa shape index (κ1) is 14.9. The highest BCUT2D eigenvalue weighted by molar-refractivity contribution is 7.99. The van der Waals surface area contributed by atoms with Crippen LogP contribution in [0.4, 0.5) is 13.2 Å². The number of thioether (sulfide) groups is 1. The molecular formula is C15H14F3NS. The Hall–Kier alpha value is -1.46. The first-order valence-corrected chi connectivity index (χ1v) is 6.95. The second-order valence-electron chi connectivity index (χ2n) is 4.42. The lowest BCUT2D eigenvalue weighted by molar-refractivity contribution is 0.252. The lowest BCUT2D eigenvalue weighted by Gasteiger charge is -2.13. The van der Waals surface area contributed by atoms with E-state index in [0.717, 1.165) is 11.1 Å². The van der Waals surface area contributed by atoms with Crippen molar-refractivity contribution >= 4 is 11.8 Å². The molecule has 2 N–H and O–H groups in total. The van der Waals surface area contributed by atoms with Crippen molar-refractivity contribution < 1.29 is 13.2 Å².